The fraction of sp³-hybridized carbons (Fsp3) is 0.455. The third-order valence-corrected chi connectivity index (χ3v) is 10.1. The molecule has 1 aromatic heterocycles. The summed E-state index contributed by atoms with van der Waals surface area (Å²) in [6.07, 6.45) is -1.76. The van der Waals surface area contributed by atoms with E-state index in [4.69, 9.17) is 9.16 Å². The summed E-state index contributed by atoms with van der Waals surface area (Å²) in [7, 11) is -2.51. The third-order valence-electron chi connectivity index (χ3n) is 5.61. The molecule has 2 N–H and O–H groups in total. The summed E-state index contributed by atoms with van der Waals surface area (Å²) in [5, 5.41) is 9.82. The lowest BCUT2D eigenvalue weighted by Gasteiger charge is -2.40. The molecule has 0 amide bonds. The van der Waals surface area contributed by atoms with Crippen molar-refractivity contribution < 1.29 is 23.9 Å². The number of hydrogen-bond donors (Lipinski definition) is 2. The van der Waals surface area contributed by atoms with Crippen molar-refractivity contribution in [1.29, 1.82) is 0 Å². The number of hydrogen-bond acceptors (Lipinski definition) is 7. The van der Waals surface area contributed by atoms with Gasteiger partial charge in [-0.3, -0.25) is 14.6 Å². The van der Waals surface area contributed by atoms with Crippen LogP contribution >= 0.6 is 0 Å². The predicted octanol–water partition coefficient (Wildman–Crippen LogP) is 2.09. The van der Waals surface area contributed by atoms with Gasteiger partial charge < -0.3 is 14.3 Å². The van der Waals surface area contributed by atoms with E-state index in [2.05, 4.69) is 4.98 Å². The molecule has 0 aliphatic heterocycles. The van der Waals surface area contributed by atoms with Gasteiger partial charge in [0.25, 0.3) is 11.5 Å². The Hall–Kier alpha value is -2.82. The van der Waals surface area contributed by atoms with Gasteiger partial charge in [0.05, 0.1) is 12.2 Å². The number of aliphatic hydroxyl groups excluding tert-OH is 1. The maximum atomic E-state index is 13.3. The molecule has 0 radical (unpaired) electrons. The van der Waals surface area contributed by atoms with E-state index in [1.54, 1.807) is 18.2 Å². The Labute approximate surface area is 187 Å². The number of aliphatic hydroxyl groups is 1. The van der Waals surface area contributed by atoms with E-state index in [1.165, 1.54) is 19.1 Å². The molecular weight excluding hydrogens is 432 g/mol. The molecule has 10 heteroatoms. The van der Waals surface area contributed by atoms with Crippen LogP contribution in [0.2, 0.25) is 18.1 Å². The van der Waals surface area contributed by atoms with E-state index in [-0.39, 0.29) is 16.2 Å². The number of esters is 1. The summed E-state index contributed by atoms with van der Waals surface area (Å²) in [5.41, 5.74) is -1.29. The maximum absolute atomic E-state index is 13.3. The molecule has 2 rings (SSSR count). The standard InChI is InChI=1S/C22H30N2O7Si/c1-14-12-24(21(29)23-18(14)26)19(27)17(30-20(28)15-10-8-7-9-11-15)16(13-25)31-32(5,6)22(2,3)4/h7-12,16-17,25H,13H2,1-6H3,(H,23,26,29)/t16-,17+/m0/s1. The molecule has 1 aromatic carbocycles. The van der Waals surface area contributed by atoms with E-state index in [1.807, 2.05) is 33.9 Å². The van der Waals surface area contributed by atoms with Gasteiger partial charge in [-0.1, -0.05) is 39.0 Å². The summed E-state index contributed by atoms with van der Waals surface area (Å²) in [6.45, 7) is 10.6. The Kier molecular flexibility index (Phi) is 7.76. The SMILES string of the molecule is Cc1cn(C(=O)[C@H](OC(=O)c2ccccc2)[C@H](CO)O[Si](C)(C)C(C)(C)C)c(=O)[nH]c1=O. The van der Waals surface area contributed by atoms with E-state index >= 15 is 0 Å². The average Bonchev–Trinajstić information content (AvgIpc) is 2.72. The van der Waals surface area contributed by atoms with Crippen molar-refractivity contribution in [3.8, 4) is 0 Å². The molecule has 0 saturated heterocycles. The third kappa shape index (κ3) is 5.70. The largest absolute Gasteiger partial charge is 0.446 e. The van der Waals surface area contributed by atoms with Crippen molar-refractivity contribution in [3.05, 3.63) is 68.5 Å². The number of nitrogens with one attached hydrogen (secondary N) is 1. The van der Waals surface area contributed by atoms with Crippen LogP contribution in [0.25, 0.3) is 0 Å². The van der Waals surface area contributed by atoms with Crippen LogP contribution in [0.3, 0.4) is 0 Å². The molecule has 0 saturated carbocycles. The van der Waals surface area contributed by atoms with E-state index < -0.39 is 50.3 Å². The molecular formula is C22H30N2O7Si. The summed E-state index contributed by atoms with van der Waals surface area (Å²) in [4.78, 5) is 52.1. The van der Waals surface area contributed by atoms with Gasteiger partial charge in [0, 0.05) is 11.8 Å². The highest BCUT2D eigenvalue weighted by molar-refractivity contribution is 6.74. The van der Waals surface area contributed by atoms with Gasteiger partial charge in [-0.15, -0.1) is 0 Å². The second-order valence-corrected chi connectivity index (χ2v) is 13.8. The first kappa shape index (κ1) is 25.4. The first-order chi connectivity index (χ1) is 14.8. The number of benzene rings is 1. The minimum absolute atomic E-state index is 0.122. The zero-order valence-corrected chi connectivity index (χ0v) is 20.2. The van der Waals surface area contributed by atoms with Crippen LogP contribution in [0.4, 0.5) is 0 Å². The van der Waals surface area contributed by atoms with Crippen LogP contribution in [0.5, 0.6) is 0 Å². The lowest BCUT2D eigenvalue weighted by atomic mass is 10.1. The zero-order chi connectivity index (χ0) is 24.3. The van der Waals surface area contributed by atoms with Gasteiger partial charge in [0.1, 0.15) is 6.10 Å². The van der Waals surface area contributed by atoms with Crippen molar-refractivity contribution in [2.45, 2.75) is 58.0 Å². The highest BCUT2D eigenvalue weighted by Crippen LogP contribution is 2.37. The monoisotopic (exact) mass is 462 g/mol. The van der Waals surface area contributed by atoms with Crippen LogP contribution in [0.15, 0.2) is 46.1 Å². The Morgan fingerprint density at radius 3 is 2.28 bits per heavy atom. The molecule has 2 aromatic rings. The van der Waals surface area contributed by atoms with E-state index in [0.717, 1.165) is 6.20 Å². The molecule has 0 fully saturated rings. The van der Waals surface area contributed by atoms with Gasteiger partial charge in [-0.2, -0.15) is 0 Å². The Balaban J connectivity index is 2.51. The van der Waals surface area contributed by atoms with Crippen molar-refractivity contribution in [2.24, 2.45) is 0 Å². The second-order valence-electron chi connectivity index (χ2n) is 9.07. The number of carbonyl (C=O) groups is 2. The van der Waals surface area contributed by atoms with Crippen LogP contribution < -0.4 is 11.2 Å². The van der Waals surface area contributed by atoms with Gasteiger partial charge in [-0.05, 0) is 37.2 Å². The van der Waals surface area contributed by atoms with Gasteiger partial charge in [0.15, 0.2) is 8.32 Å². The number of carbonyl (C=O) groups excluding carboxylic acids is 2. The lowest BCUT2D eigenvalue weighted by Crippen LogP contribution is -2.53. The number of aromatic nitrogens is 2. The fourth-order valence-electron chi connectivity index (χ4n) is 2.66. The molecule has 32 heavy (non-hydrogen) atoms. The van der Waals surface area contributed by atoms with Crippen LogP contribution in [-0.4, -0.2) is 53.7 Å². The maximum Gasteiger partial charge on any atom is 0.339 e. The van der Waals surface area contributed by atoms with Gasteiger partial charge in [0.2, 0.25) is 6.10 Å². The smallest absolute Gasteiger partial charge is 0.339 e. The van der Waals surface area contributed by atoms with Crippen LogP contribution in [0.1, 0.15) is 41.5 Å². The Morgan fingerprint density at radius 2 is 1.75 bits per heavy atom. The number of rotatable bonds is 7. The number of H-pyrrole nitrogens is 1. The summed E-state index contributed by atoms with van der Waals surface area (Å²) < 4.78 is 12.3. The van der Waals surface area contributed by atoms with Crippen molar-refractivity contribution in [3.63, 3.8) is 0 Å². The second kappa shape index (κ2) is 9.76. The topological polar surface area (TPSA) is 128 Å². The molecule has 0 aliphatic rings. The number of ether oxygens (including phenoxy) is 1. The van der Waals surface area contributed by atoms with E-state index in [9.17, 15) is 24.3 Å². The fourth-order valence-corrected chi connectivity index (χ4v) is 3.97. The summed E-state index contributed by atoms with van der Waals surface area (Å²) in [6, 6.07) is 8.03. The van der Waals surface area contributed by atoms with Crippen LogP contribution in [0, 0.1) is 6.92 Å². The van der Waals surface area contributed by atoms with Crippen molar-refractivity contribution in [2.75, 3.05) is 6.61 Å². The molecule has 0 unspecified atom stereocenters. The molecule has 1 heterocycles. The quantitative estimate of drug-likeness (QED) is 0.476. The molecule has 0 aliphatic carbocycles. The molecule has 0 spiro atoms. The first-order valence-electron chi connectivity index (χ1n) is 10.2. The van der Waals surface area contributed by atoms with Gasteiger partial charge in [-0.25, -0.2) is 14.2 Å². The van der Waals surface area contributed by atoms with Gasteiger partial charge >= 0.3 is 11.7 Å². The predicted molar refractivity (Wildman–Crippen MR) is 121 cm³/mol. The first-order valence-corrected chi connectivity index (χ1v) is 13.1. The van der Waals surface area contributed by atoms with Crippen molar-refractivity contribution in [1.82, 2.24) is 9.55 Å². The Morgan fingerprint density at radius 1 is 1.16 bits per heavy atom. The minimum atomic E-state index is -2.51. The normalized spacial score (nSPS) is 14.0. The average molecular weight is 463 g/mol. The number of aromatic amines is 1. The molecule has 174 valence electrons. The zero-order valence-electron chi connectivity index (χ0n) is 19.2. The van der Waals surface area contributed by atoms with Crippen molar-refractivity contribution >= 4 is 20.2 Å². The molecule has 0 bridgehead atoms. The molecule has 9 nitrogen and oxygen atoms in total. The number of nitrogens with zero attached hydrogens (tertiary/aromatic N) is 1. The lowest BCUT2D eigenvalue weighted by molar-refractivity contribution is -0.0258. The summed E-state index contributed by atoms with van der Waals surface area (Å²) >= 11 is 0. The minimum Gasteiger partial charge on any atom is -0.446 e. The summed E-state index contributed by atoms with van der Waals surface area (Å²) in [5.74, 6) is -1.74. The highest BCUT2D eigenvalue weighted by Gasteiger charge is 2.44. The highest BCUT2D eigenvalue weighted by atomic mass is 28.4. The Bertz CT molecular complexity index is 1080. The van der Waals surface area contributed by atoms with E-state index in [0.29, 0.717) is 4.57 Å². The van der Waals surface area contributed by atoms with Crippen LogP contribution in [-0.2, 0) is 9.16 Å². The number of aryl methyl sites for hydroxylation is 1. The molecule has 2 atom stereocenters.